The first kappa shape index (κ1) is 60.5. The Balaban J connectivity index is 0.000000232. The molecular weight excluding hydrogens is 1020 g/mol. The van der Waals surface area contributed by atoms with Crippen molar-refractivity contribution >= 4 is 47.1 Å². The van der Waals surface area contributed by atoms with E-state index < -0.39 is 53.5 Å². The fourth-order valence-corrected chi connectivity index (χ4v) is 10.6. The molecule has 0 aliphatic carbocycles. The van der Waals surface area contributed by atoms with Gasteiger partial charge in [0.15, 0.2) is 11.6 Å². The summed E-state index contributed by atoms with van der Waals surface area (Å²) in [5.74, 6) is -3.45. The smallest absolute Gasteiger partial charge is 0.329 e. The van der Waals surface area contributed by atoms with Gasteiger partial charge in [-0.2, -0.15) is 0 Å². The summed E-state index contributed by atoms with van der Waals surface area (Å²) in [5, 5.41) is 34.9. The second kappa shape index (κ2) is 28.9. The Morgan fingerprint density at radius 2 is 0.887 bits per heavy atom. The van der Waals surface area contributed by atoms with Gasteiger partial charge in [0.2, 0.25) is 23.6 Å². The van der Waals surface area contributed by atoms with Crippen molar-refractivity contribution in [1.29, 1.82) is 0 Å². The number of carboxylic acid groups (broad SMARTS) is 1. The first-order chi connectivity index (χ1) is 38.3. The Labute approximate surface area is 468 Å². The van der Waals surface area contributed by atoms with Gasteiger partial charge in [0.1, 0.15) is 29.8 Å². The molecule has 18 heteroatoms. The summed E-state index contributed by atoms with van der Waals surface area (Å²) in [5.41, 5.74) is 4.16. The molecule has 80 heavy (non-hydrogen) atoms. The lowest BCUT2D eigenvalue weighted by atomic mass is 9.92. The number of nitrogens with zero attached hydrogens (tertiary/aromatic N) is 4. The number of hydrogen-bond acceptors (Lipinski definition) is 13. The second-order valence-corrected chi connectivity index (χ2v) is 22.3. The molecule has 0 radical (unpaired) electrons. The van der Waals surface area contributed by atoms with Crippen LogP contribution in [0.15, 0.2) is 109 Å². The van der Waals surface area contributed by atoms with Gasteiger partial charge in [0.25, 0.3) is 0 Å². The molecule has 4 aliphatic heterocycles. The first-order valence-corrected chi connectivity index (χ1v) is 28.1. The number of hydrogen-bond donors (Lipinski definition) is 5. The number of aliphatic hydroxyl groups excluding tert-OH is 2. The molecule has 4 aliphatic rings. The third-order valence-electron chi connectivity index (χ3n) is 15.3. The van der Waals surface area contributed by atoms with Crippen molar-refractivity contribution in [2.45, 2.75) is 153 Å². The molecule has 4 amide bonds. The quantitative estimate of drug-likeness (QED) is 0.0558. The van der Waals surface area contributed by atoms with E-state index >= 15 is 0 Å². The van der Waals surface area contributed by atoms with Crippen molar-refractivity contribution in [2.24, 2.45) is 0 Å². The number of Topliss-reactive ketones (excluding diaryl/α,β-unsaturated/α-hetero) is 2. The van der Waals surface area contributed by atoms with Crippen molar-refractivity contribution in [1.82, 2.24) is 30.2 Å². The number of likely N-dealkylation sites (tertiary alicyclic amines) is 2. The third kappa shape index (κ3) is 17.7. The van der Waals surface area contributed by atoms with Crippen LogP contribution in [0.25, 0.3) is 0 Å². The molecular formula is C62H78N6O12. The van der Waals surface area contributed by atoms with E-state index in [2.05, 4.69) is 20.4 Å². The van der Waals surface area contributed by atoms with Gasteiger partial charge in [-0.1, -0.05) is 109 Å². The number of nitrogens with one attached hydrogen (secondary N) is 2. The van der Waals surface area contributed by atoms with Crippen molar-refractivity contribution in [3.05, 3.63) is 143 Å². The van der Waals surface area contributed by atoms with Crippen LogP contribution in [0.4, 0.5) is 0 Å². The van der Waals surface area contributed by atoms with Crippen molar-refractivity contribution < 1.29 is 58.4 Å². The predicted molar refractivity (Wildman–Crippen MR) is 299 cm³/mol. The van der Waals surface area contributed by atoms with E-state index in [9.17, 15) is 53.7 Å². The van der Waals surface area contributed by atoms with Gasteiger partial charge in [-0.25, -0.2) is 9.59 Å². The maximum absolute atomic E-state index is 13.8. The number of amides is 4. The summed E-state index contributed by atoms with van der Waals surface area (Å²) in [6, 6.07) is 29.2. The predicted octanol–water partition coefficient (Wildman–Crippen LogP) is 5.30. The molecule has 4 aromatic rings. The highest BCUT2D eigenvalue weighted by Gasteiger charge is 2.39. The number of carbonyl (C=O) groups excluding carboxylic acids is 7. The molecule has 4 heterocycles. The van der Waals surface area contributed by atoms with E-state index in [0.717, 1.165) is 35.3 Å². The molecule has 0 saturated carbocycles. The van der Waals surface area contributed by atoms with Crippen LogP contribution in [-0.4, -0.2) is 163 Å². The van der Waals surface area contributed by atoms with Gasteiger partial charge in [-0.3, -0.25) is 28.8 Å². The van der Waals surface area contributed by atoms with Crippen LogP contribution in [0.2, 0.25) is 0 Å². The standard InChI is InChI=1S/C33H43N3O6.C29H35N3O6/c1-33(2,3)42-32(41)27(17-20-35-18-15-26(37)16-19-35)34-31(40)28-21-24-11-7-8-12-25(24)22-36(28)30(39)14-13-29(38)23-9-5-4-6-10-23;33-23-12-15-31(16-13-23)17-14-24(29(37)38)30-28(36)25-18-21-8-4-5-9-22(21)19-32(25)27(35)11-10-26(34)20-6-2-1-3-7-20/h4-12,26-28,37H,13-22H2,1-3H3,(H,34,40);1-9,23-25,33H,10-19H2,(H,30,36)(H,37,38)/t27-,28-;24-,25-/m00/s1. The lowest BCUT2D eigenvalue weighted by Crippen LogP contribution is -2.56. The molecule has 2 saturated heterocycles. The fraction of sp³-hybridized carbons (Fsp3) is 0.484. The number of aliphatic hydroxyl groups is 2. The zero-order valence-corrected chi connectivity index (χ0v) is 46.3. The van der Waals surface area contributed by atoms with Crippen LogP contribution in [0.5, 0.6) is 0 Å². The van der Waals surface area contributed by atoms with Crippen molar-refractivity contribution in [3.63, 3.8) is 0 Å². The number of ketones is 2. The lowest BCUT2D eigenvalue weighted by molar-refractivity contribution is -0.159. The van der Waals surface area contributed by atoms with E-state index in [0.29, 0.717) is 75.8 Å². The van der Waals surface area contributed by atoms with Gasteiger partial charge in [0, 0.05) is 102 Å². The topological polar surface area (TPSA) is 243 Å². The number of carboxylic acids is 1. The third-order valence-corrected chi connectivity index (χ3v) is 15.3. The Morgan fingerprint density at radius 3 is 1.27 bits per heavy atom. The normalized spacial score (nSPS) is 18.7. The number of fused-ring (bicyclic) bond motifs is 2. The minimum absolute atomic E-state index is 0.0179. The van der Waals surface area contributed by atoms with Gasteiger partial charge in [-0.05, 0) is 81.5 Å². The Bertz CT molecular complexity index is 2770. The molecule has 0 aromatic heterocycles. The Kier molecular flexibility index (Phi) is 21.8. The van der Waals surface area contributed by atoms with E-state index in [1.165, 1.54) is 9.80 Å². The van der Waals surface area contributed by atoms with Crippen LogP contribution in [-0.2, 0) is 59.4 Å². The number of ether oxygens (including phenoxy) is 1. The van der Waals surface area contributed by atoms with E-state index in [1.54, 1.807) is 69.3 Å². The Hall–Kier alpha value is -7.12. The lowest BCUT2D eigenvalue weighted by Gasteiger charge is -2.37. The van der Waals surface area contributed by atoms with Crippen LogP contribution in [0.1, 0.15) is 128 Å². The molecule has 4 aromatic carbocycles. The number of benzene rings is 4. The summed E-state index contributed by atoms with van der Waals surface area (Å²) < 4.78 is 5.65. The molecule has 5 N–H and O–H groups in total. The SMILES string of the molecule is CC(C)(C)OC(=O)[C@H](CCN1CCC(O)CC1)NC(=O)[C@@H]1Cc2ccccc2CN1C(=O)CCC(=O)c1ccccc1.O=C(CCC(=O)N1Cc2ccccc2C[C@H]1C(=O)N[C@@H](CCN1CCC(O)CC1)C(=O)O)c1ccccc1. The maximum Gasteiger partial charge on any atom is 0.329 e. The highest BCUT2D eigenvalue weighted by molar-refractivity contribution is 5.99. The molecule has 18 nitrogen and oxygen atoms in total. The zero-order chi connectivity index (χ0) is 57.3. The monoisotopic (exact) mass is 1100 g/mol. The Morgan fingerprint density at radius 1 is 0.525 bits per heavy atom. The number of carbonyl (C=O) groups is 8. The molecule has 8 rings (SSSR count). The van der Waals surface area contributed by atoms with Crippen LogP contribution in [0.3, 0.4) is 0 Å². The van der Waals surface area contributed by atoms with Crippen LogP contribution >= 0.6 is 0 Å². The molecule has 0 unspecified atom stereocenters. The highest BCUT2D eigenvalue weighted by atomic mass is 16.6. The fourth-order valence-electron chi connectivity index (χ4n) is 10.6. The summed E-state index contributed by atoms with van der Waals surface area (Å²) in [4.78, 5) is 112. The maximum atomic E-state index is 13.8. The number of piperidine rings is 2. The zero-order valence-electron chi connectivity index (χ0n) is 46.3. The van der Waals surface area contributed by atoms with Gasteiger partial charge < -0.3 is 50.3 Å². The molecule has 0 spiro atoms. The summed E-state index contributed by atoms with van der Waals surface area (Å²) in [6.45, 7) is 9.69. The molecule has 428 valence electrons. The van der Waals surface area contributed by atoms with Gasteiger partial charge in [0.05, 0.1) is 12.2 Å². The molecule has 4 atom stereocenters. The van der Waals surface area contributed by atoms with E-state index in [1.807, 2.05) is 60.7 Å². The van der Waals surface area contributed by atoms with Crippen LogP contribution in [0, 0.1) is 0 Å². The van der Waals surface area contributed by atoms with Gasteiger partial charge in [-0.15, -0.1) is 0 Å². The van der Waals surface area contributed by atoms with Crippen LogP contribution < -0.4 is 10.6 Å². The molecule has 0 bridgehead atoms. The summed E-state index contributed by atoms with van der Waals surface area (Å²) in [7, 11) is 0. The number of esters is 1. The second-order valence-electron chi connectivity index (χ2n) is 22.3. The average molecular weight is 1100 g/mol. The van der Waals surface area contributed by atoms with E-state index in [-0.39, 0.29) is 87.2 Å². The summed E-state index contributed by atoms with van der Waals surface area (Å²) >= 11 is 0. The largest absolute Gasteiger partial charge is 0.480 e. The average Bonchev–Trinajstić information content (AvgIpc) is 3.45. The first-order valence-electron chi connectivity index (χ1n) is 28.1. The minimum Gasteiger partial charge on any atom is -0.480 e. The molecule has 2 fully saturated rings. The van der Waals surface area contributed by atoms with Crippen molar-refractivity contribution in [2.75, 3.05) is 39.3 Å². The highest BCUT2D eigenvalue weighted by Crippen LogP contribution is 2.27. The number of rotatable bonds is 20. The minimum atomic E-state index is -1.13. The van der Waals surface area contributed by atoms with Crippen molar-refractivity contribution in [3.8, 4) is 0 Å². The number of aliphatic carboxylic acids is 1. The summed E-state index contributed by atoms with van der Waals surface area (Å²) in [6.07, 6.45) is 3.19. The van der Waals surface area contributed by atoms with Gasteiger partial charge >= 0.3 is 11.9 Å². The van der Waals surface area contributed by atoms with E-state index in [4.69, 9.17) is 4.74 Å².